The van der Waals surface area contributed by atoms with Gasteiger partial charge in [0.1, 0.15) is 0 Å². The number of thiophene rings is 1. The van der Waals surface area contributed by atoms with Gasteiger partial charge in [-0.25, -0.2) is 0 Å². The van der Waals surface area contributed by atoms with Crippen LogP contribution in [0.3, 0.4) is 0 Å². The third kappa shape index (κ3) is 2.72. The van der Waals surface area contributed by atoms with Crippen LogP contribution in [0.2, 0.25) is 4.34 Å². The molecule has 0 amide bonds. The Morgan fingerprint density at radius 2 is 2.20 bits per heavy atom. The van der Waals surface area contributed by atoms with Crippen molar-refractivity contribution in [1.82, 2.24) is 10.2 Å². The summed E-state index contributed by atoms with van der Waals surface area (Å²) in [6, 6.07) is 4.74. The van der Waals surface area contributed by atoms with E-state index in [2.05, 4.69) is 23.2 Å². The standard InChI is InChI=1S/C11H17ClN2S/c1-2-9(10-3-4-11(12)15-10)14-7-5-13-6-8-14/h3-4,9,13H,2,5-8H2,1H3. The van der Waals surface area contributed by atoms with Gasteiger partial charge in [0.15, 0.2) is 0 Å². The topological polar surface area (TPSA) is 15.3 Å². The second-order valence-corrected chi connectivity index (χ2v) is 5.60. The van der Waals surface area contributed by atoms with E-state index in [1.807, 2.05) is 6.07 Å². The fourth-order valence-electron chi connectivity index (χ4n) is 2.14. The maximum atomic E-state index is 5.99. The third-order valence-corrected chi connectivity index (χ3v) is 4.23. The van der Waals surface area contributed by atoms with Crippen LogP contribution in [0.4, 0.5) is 0 Å². The SMILES string of the molecule is CCC(c1ccc(Cl)s1)N1CCNCC1. The van der Waals surface area contributed by atoms with Crippen LogP contribution in [0.1, 0.15) is 24.3 Å². The summed E-state index contributed by atoms with van der Waals surface area (Å²) in [6.45, 7) is 6.76. The molecule has 1 fully saturated rings. The number of hydrogen-bond donors (Lipinski definition) is 1. The van der Waals surface area contributed by atoms with Crippen molar-refractivity contribution in [2.24, 2.45) is 0 Å². The molecular formula is C11H17ClN2S. The molecule has 0 spiro atoms. The highest BCUT2D eigenvalue weighted by atomic mass is 35.5. The normalized spacial score (nSPS) is 20.4. The molecule has 84 valence electrons. The molecule has 0 saturated carbocycles. The fourth-order valence-corrected chi connectivity index (χ4v) is 3.42. The maximum absolute atomic E-state index is 5.99. The van der Waals surface area contributed by atoms with E-state index in [9.17, 15) is 0 Å². The molecule has 1 aliphatic rings. The van der Waals surface area contributed by atoms with Gasteiger partial charge in [0, 0.05) is 37.1 Å². The highest BCUT2D eigenvalue weighted by Gasteiger charge is 2.21. The molecule has 2 rings (SSSR count). The Morgan fingerprint density at radius 1 is 1.47 bits per heavy atom. The van der Waals surface area contributed by atoms with Crippen molar-refractivity contribution in [3.63, 3.8) is 0 Å². The monoisotopic (exact) mass is 244 g/mol. The fraction of sp³-hybridized carbons (Fsp3) is 0.636. The van der Waals surface area contributed by atoms with Crippen molar-refractivity contribution in [1.29, 1.82) is 0 Å². The Bertz CT molecular complexity index is 307. The molecular weight excluding hydrogens is 228 g/mol. The van der Waals surface area contributed by atoms with Gasteiger partial charge in [-0.15, -0.1) is 11.3 Å². The Balaban J connectivity index is 2.08. The first-order valence-electron chi connectivity index (χ1n) is 5.51. The largest absolute Gasteiger partial charge is 0.314 e. The van der Waals surface area contributed by atoms with E-state index in [1.54, 1.807) is 11.3 Å². The lowest BCUT2D eigenvalue weighted by Crippen LogP contribution is -2.44. The predicted molar refractivity (Wildman–Crippen MR) is 66.8 cm³/mol. The molecule has 1 aliphatic heterocycles. The smallest absolute Gasteiger partial charge is 0.0931 e. The number of rotatable bonds is 3. The van der Waals surface area contributed by atoms with Gasteiger partial charge in [0.25, 0.3) is 0 Å². The first-order valence-corrected chi connectivity index (χ1v) is 6.70. The van der Waals surface area contributed by atoms with Crippen molar-refractivity contribution in [2.45, 2.75) is 19.4 Å². The highest BCUT2D eigenvalue weighted by Crippen LogP contribution is 2.32. The zero-order valence-corrected chi connectivity index (χ0v) is 10.6. The molecule has 1 atom stereocenters. The second-order valence-electron chi connectivity index (χ2n) is 3.85. The summed E-state index contributed by atoms with van der Waals surface area (Å²) in [7, 11) is 0. The molecule has 1 saturated heterocycles. The molecule has 0 aromatic carbocycles. The summed E-state index contributed by atoms with van der Waals surface area (Å²) < 4.78 is 0.901. The molecule has 1 aromatic heterocycles. The lowest BCUT2D eigenvalue weighted by Gasteiger charge is -2.33. The lowest BCUT2D eigenvalue weighted by molar-refractivity contribution is 0.172. The average molecular weight is 245 g/mol. The summed E-state index contributed by atoms with van der Waals surface area (Å²) in [4.78, 5) is 3.96. The van der Waals surface area contributed by atoms with Gasteiger partial charge in [0.05, 0.1) is 4.34 Å². The molecule has 2 heterocycles. The van der Waals surface area contributed by atoms with Gasteiger partial charge in [-0.1, -0.05) is 18.5 Å². The Hall–Kier alpha value is -0.0900. The second kappa shape index (κ2) is 5.30. The van der Waals surface area contributed by atoms with Gasteiger partial charge in [-0.2, -0.15) is 0 Å². The predicted octanol–water partition coefficient (Wildman–Crippen LogP) is 2.76. The summed E-state index contributed by atoms with van der Waals surface area (Å²) in [5, 5.41) is 3.39. The highest BCUT2D eigenvalue weighted by molar-refractivity contribution is 7.16. The van der Waals surface area contributed by atoms with Crippen LogP contribution in [0.5, 0.6) is 0 Å². The van der Waals surface area contributed by atoms with Crippen LogP contribution in [0, 0.1) is 0 Å². The van der Waals surface area contributed by atoms with Gasteiger partial charge < -0.3 is 5.32 Å². The van der Waals surface area contributed by atoms with E-state index in [0.29, 0.717) is 6.04 Å². The number of halogens is 1. The molecule has 4 heteroatoms. The number of nitrogens with zero attached hydrogens (tertiary/aromatic N) is 1. The molecule has 0 radical (unpaired) electrons. The summed E-state index contributed by atoms with van der Waals surface area (Å²) >= 11 is 7.71. The minimum atomic E-state index is 0.560. The van der Waals surface area contributed by atoms with Crippen LogP contribution in [0.25, 0.3) is 0 Å². The van der Waals surface area contributed by atoms with E-state index in [-0.39, 0.29) is 0 Å². The van der Waals surface area contributed by atoms with Gasteiger partial charge >= 0.3 is 0 Å². The van der Waals surface area contributed by atoms with Crippen LogP contribution >= 0.6 is 22.9 Å². The quantitative estimate of drug-likeness (QED) is 0.880. The molecule has 1 N–H and O–H groups in total. The first-order chi connectivity index (χ1) is 7.31. The lowest BCUT2D eigenvalue weighted by atomic mass is 10.1. The molecule has 1 aromatic rings. The number of piperazine rings is 1. The molecule has 0 bridgehead atoms. The first kappa shape index (κ1) is 11.4. The summed E-state index contributed by atoms with van der Waals surface area (Å²) in [6.07, 6.45) is 1.16. The third-order valence-electron chi connectivity index (χ3n) is 2.90. The van der Waals surface area contributed by atoms with E-state index >= 15 is 0 Å². The molecule has 15 heavy (non-hydrogen) atoms. The van der Waals surface area contributed by atoms with Crippen LogP contribution in [-0.2, 0) is 0 Å². The summed E-state index contributed by atoms with van der Waals surface area (Å²) in [5.74, 6) is 0. The Labute approximate surface area is 100 Å². The minimum Gasteiger partial charge on any atom is -0.314 e. The number of hydrogen-bond acceptors (Lipinski definition) is 3. The average Bonchev–Trinajstić information content (AvgIpc) is 2.68. The maximum Gasteiger partial charge on any atom is 0.0931 e. The van der Waals surface area contributed by atoms with Crippen molar-refractivity contribution in [3.05, 3.63) is 21.3 Å². The summed E-state index contributed by atoms with van der Waals surface area (Å²) in [5.41, 5.74) is 0. The van der Waals surface area contributed by atoms with E-state index in [4.69, 9.17) is 11.6 Å². The molecule has 1 unspecified atom stereocenters. The van der Waals surface area contributed by atoms with E-state index < -0.39 is 0 Å². The zero-order chi connectivity index (χ0) is 10.7. The molecule has 2 nitrogen and oxygen atoms in total. The van der Waals surface area contributed by atoms with E-state index in [0.717, 1.165) is 36.9 Å². The zero-order valence-electron chi connectivity index (χ0n) is 9.00. The van der Waals surface area contributed by atoms with Crippen LogP contribution in [-0.4, -0.2) is 31.1 Å². The van der Waals surface area contributed by atoms with Crippen LogP contribution < -0.4 is 5.32 Å². The van der Waals surface area contributed by atoms with Crippen molar-refractivity contribution in [2.75, 3.05) is 26.2 Å². The Kier molecular flexibility index (Phi) is 4.03. The Morgan fingerprint density at radius 3 is 2.73 bits per heavy atom. The van der Waals surface area contributed by atoms with Gasteiger partial charge in [0.2, 0.25) is 0 Å². The van der Waals surface area contributed by atoms with E-state index in [1.165, 1.54) is 4.88 Å². The van der Waals surface area contributed by atoms with Crippen LogP contribution in [0.15, 0.2) is 12.1 Å². The van der Waals surface area contributed by atoms with Crippen molar-refractivity contribution in [3.8, 4) is 0 Å². The van der Waals surface area contributed by atoms with Crippen molar-refractivity contribution >= 4 is 22.9 Å². The number of nitrogens with one attached hydrogen (secondary N) is 1. The van der Waals surface area contributed by atoms with Gasteiger partial charge in [-0.05, 0) is 18.6 Å². The molecule has 0 aliphatic carbocycles. The van der Waals surface area contributed by atoms with Gasteiger partial charge in [-0.3, -0.25) is 4.90 Å². The minimum absolute atomic E-state index is 0.560. The van der Waals surface area contributed by atoms with Crippen molar-refractivity contribution < 1.29 is 0 Å².